The van der Waals surface area contributed by atoms with Gasteiger partial charge in [-0.3, -0.25) is 9.78 Å². The first-order valence-electron chi connectivity index (χ1n) is 7.02. The Kier molecular flexibility index (Phi) is 3.72. The van der Waals surface area contributed by atoms with Crippen molar-refractivity contribution in [1.82, 2.24) is 14.9 Å². The summed E-state index contributed by atoms with van der Waals surface area (Å²) in [5.74, 6) is 0.0691. The summed E-state index contributed by atoms with van der Waals surface area (Å²) in [6.45, 7) is 1.74. The molecule has 0 bridgehead atoms. The molecule has 20 heavy (non-hydrogen) atoms. The first-order valence-corrected chi connectivity index (χ1v) is 7.02. The van der Waals surface area contributed by atoms with Crippen molar-refractivity contribution in [2.24, 2.45) is 0 Å². The van der Waals surface area contributed by atoms with Gasteiger partial charge < -0.3 is 4.90 Å². The number of hydrogen-bond donors (Lipinski definition) is 0. The van der Waals surface area contributed by atoms with Crippen LogP contribution in [0.3, 0.4) is 0 Å². The van der Waals surface area contributed by atoms with Crippen LogP contribution in [0, 0.1) is 0 Å². The fraction of sp³-hybridized carbons (Fsp3) is 0.312. The van der Waals surface area contributed by atoms with E-state index >= 15 is 0 Å². The maximum Gasteiger partial charge on any atom is 0.246 e. The molecule has 2 aromatic rings. The Morgan fingerprint density at radius 3 is 2.65 bits per heavy atom. The highest BCUT2D eigenvalue weighted by Crippen LogP contribution is 2.11. The van der Waals surface area contributed by atoms with Gasteiger partial charge in [0, 0.05) is 19.2 Å². The number of benzene rings is 1. The number of para-hydroxylation sites is 2. The van der Waals surface area contributed by atoms with Gasteiger partial charge in [0.1, 0.15) is 0 Å². The van der Waals surface area contributed by atoms with Gasteiger partial charge in [-0.2, -0.15) is 0 Å². The van der Waals surface area contributed by atoms with E-state index in [0.717, 1.165) is 37.0 Å². The van der Waals surface area contributed by atoms with Gasteiger partial charge in [-0.05, 0) is 37.5 Å². The van der Waals surface area contributed by atoms with Crippen molar-refractivity contribution in [3.63, 3.8) is 0 Å². The number of rotatable bonds is 2. The van der Waals surface area contributed by atoms with Gasteiger partial charge >= 0.3 is 0 Å². The first kappa shape index (κ1) is 12.8. The minimum absolute atomic E-state index is 0.0691. The predicted octanol–water partition coefficient (Wildman–Crippen LogP) is 2.66. The van der Waals surface area contributed by atoms with Crippen LogP contribution in [0.15, 0.2) is 36.5 Å². The van der Waals surface area contributed by atoms with Crippen LogP contribution >= 0.6 is 0 Å². The molecule has 102 valence electrons. The lowest BCUT2D eigenvalue weighted by Crippen LogP contribution is -2.34. The summed E-state index contributed by atoms with van der Waals surface area (Å²) in [5, 5.41) is 0. The monoisotopic (exact) mass is 267 g/mol. The summed E-state index contributed by atoms with van der Waals surface area (Å²) in [6.07, 6.45) is 8.48. The Labute approximate surface area is 118 Å². The fourth-order valence-electron chi connectivity index (χ4n) is 2.43. The molecule has 0 unspecified atom stereocenters. The third-order valence-electron chi connectivity index (χ3n) is 3.53. The molecule has 4 heteroatoms. The van der Waals surface area contributed by atoms with E-state index in [1.165, 1.54) is 6.42 Å². The van der Waals surface area contributed by atoms with E-state index in [-0.39, 0.29) is 5.91 Å². The van der Waals surface area contributed by atoms with Gasteiger partial charge in [-0.1, -0.05) is 12.1 Å². The second-order valence-electron chi connectivity index (χ2n) is 5.00. The van der Waals surface area contributed by atoms with Crippen LogP contribution < -0.4 is 0 Å². The summed E-state index contributed by atoms with van der Waals surface area (Å²) in [7, 11) is 0. The normalized spacial score (nSPS) is 15.9. The molecule has 1 amide bonds. The number of piperidine rings is 1. The third kappa shape index (κ3) is 2.85. The Bertz CT molecular complexity index is 645. The Morgan fingerprint density at radius 1 is 1.10 bits per heavy atom. The van der Waals surface area contributed by atoms with Crippen LogP contribution in [0.25, 0.3) is 17.1 Å². The average molecular weight is 267 g/mol. The second kappa shape index (κ2) is 5.82. The molecule has 0 spiro atoms. The molecule has 1 aliphatic heterocycles. The number of aromatic nitrogens is 2. The van der Waals surface area contributed by atoms with Crippen molar-refractivity contribution in [2.75, 3.05) is 13.1 Å². The van der Waals surface area contributed by atoms with E-state index in [1.54, 1.807) is 18.3 Å². The lowest BCUT2D eigenvalue weighted by atomic mass is 10.1. The van der Waals surface area contributed by atoms with Crippen molar-refractivity contribution in [3.8, 4) is 0 Å². The summed E-state index contributed by atoms with van der Waals surface area (Å²) >= 11 is 0. The van der Waals surface area contributed by atoms with Crippen LogP contribution in [-0.2, 0) is 4.79 Å². The Morgan fingerprint density at radius 2 is 1.85 bits per heavy atom. The van der Waals surface area contributed by atoms with E-state index < -0.39 is 0 Å². The standard InChI is InChI=1S/C16H17N3O/c20-16(19-10-4-1-5-11-19)9-8-13-12-17-14-6-2-3-7-15(14)18-13/h2-3,6-9,12H,1,4-5,10-11H2. The van der Waals surface area contributed by atoms with Crippen LogP contribution in [-0.4, -0.2) is 33.9 Å². The number of nitrogens with zero attached hydrogens (tertiary/aromatic N) is 3. The number of fused-ring (bicyclic) bond motifs is 1. The highest BCUT2D eigenvalue weighted by molar-refractivity contribution is 5.91. The average Bonchev–Trinajstić information content (AvgIpc) is 2.53. The third-order valence-corrected chi connectivity index (χ3v) is 3.53. The van der Waals surface area contributed by atoms with E-state index in [2.05, 4.69) is 9.97 Å². The lowest BCUT2D eigenvalue weighted by molar-refractivity contribution is -0.126. The van der Waals surface area contributed by atoms with Crippen LogP contribution in [0.4, 0.5) is 0 Å². The molecule has 0 radical (unpaired) electrons. The largest absolute Gasteiger partial charge is 0.339 e. The van der Waals surface area contributed by atoms with E-state index in [0.29, 0.717) is 5.69 Å². The molecule has 1 aliphatic rings. The summed E-state index contributed by atoms with van der Waals surface area (Å²) in [5.41, 5.74) is 2.43. The first-order chi connectivity index (χ1) is 9.83. The number of hydrogen-bond acceptors (Lipinski definition) is 3. The molecule has 0 atom stereocenters. The number of carbonyl (C=O) groups excluding carboxylic acids is 1. The summed E-state index contributed by atoms with van der Waals surface area (Å²) in [4.78, 5) is 22.7. The van der Waals surface area contributed by atoms with Gasteiger partial charge in [0.05, 0.1) is 22.9 Å². The summed E-state index contributed by atoms with van der Waals surface area (Å²) in [6, 6.07) is 7.72. The zero-order chi connectivity index (χ0) is 13.8. The van der Waals surface area contributed by atoms with Crippen molar-refractivity contribution >= 4 is 23.0 Å². The van der Waals surface area contributed by atoms with E-state index in [1.807, 2.05) is 29.2 Å². The number of amides is 1. The number of likely N-dealkylation sites (tertiary alicyclic amines) is 1. The molecule has 0 aliphatic carbocycles. The summed E-state index contributed by atoms with van der Waals surface area (Å²) < 4.78 is 0. The van der Waals surface area contributed by atoms with Crippen molar-refractivity contribution in [2.45, 2.75) is 19.3 Å². The molecule has 1 saturated heterocycles. The molecular weight excluding hydrogens is 250 g/mol. The number of carbonyl (C=O) groups is 1. The Balaban J connectivity index is 1.74. The van der Waals surface area contributed by atoms with E-state index in [9.17, 15) is 4.79 Å². The molecule has 2 heterocycles. The van der Waals surface area contributed by atoms with Gasteiger partial charge in [-0.25, -0.2) is 4.98 Å². The van der Waals surface area contributed by atoms with Crippen molar-refractivity contribution in [1.29, 1.82) is 0 Å². The highest BCUT2D eigenvalue weighted by Gasteiger charge is 2.13. The van der Waals surface area contributed by atoms with Gasteiger partial charge in [-0.15, -0.1) is 0 Å². The smallest absolute Gasteiger partial charge is 0.246 e. The van der Waals surface area contributed by atoms with Gasteiger partial charge in [0.25, 0.3) is 0 Å². The van der Waals surface area contributed by atoms with E-state index in [4.69, 9.17) is 0 Å². The lowest BCUT2D eigenvalue weighted by Gasteiger charge is -2.25. The topological polar surface area (TPSA) is 46.1 Å². The molecule has 0 saturated carbocycles. The minimum Gasteiger partial charge on any atom is -0.339 e. The molecule has 1 fully saturated rings. The fourth-order valence-corrected chi connectivity index (χ4v) is 2.43. The van der Waals surface area contributed by atoms with Gasteiger partial charge in [0.15, 0.2) is 0 Å². The molecular formula is C16H17N3O. The predicted molar refractivity (Wildman–Crippen MR) is 79.0 cm³/mol. The van der Waals surface area contributed by atoms with Crippen molar-refractivity contribution < 1.29 is 4.79 Å². The van der Waals surface area contributed by atoms with Crippen molar-refractivity contribution in [3.05, 3.63) is 42.2 Å². The highest BCUT2D eigenvalue weighted by atomic mass is 16.2. The molecule has 1 aromatic carbocycles. The van der Waals surface area contributed by atoms with Crippen LogP contribution in [0.2, 0.25) is 0 Å². The van der Waals surface area contributed by atoms with Crippen LogP contribution in [0.5, 0.6) is 0 Å². The second-order valence-corrected chi connectivity index (χ2v) is 5.00. The molecule has 3 rings (SSSR count). The Hall–Kier alpha value is -2.23. The maximum absolute atomic E-state index is 12.0. The maximum atomic E-state index is 12.0. The SMILES string of the molecule is O=C(C=Cc1cnc2ccccc2n1)N1CCCCC1. The molecule has 0 N–H and O–H groups in total. The van der Waals surface area contributed by atoms with Gasteiger partial charge in [0.2, 0.25) is 5.91 Å². The van der Waals surface area contributed by atoms with Crippen LogP contribution in [0.1, 0.15) is 25.0 Å². The minimum atomic E-state index is 0.0691. The molecule has 4 nitrogen and oxygen atoms in total. The zero-order valence-corrected chi connectivity index (χ0v) is 11.3. The quantitative estimate of drug-likeness (QED) is 0.786. The zero-order valence-electron chi connectivity index (χ0n) is 11.3. The molecule has 1 aromatic heterocycles.